The number of aromatic nitrogens is 1. The third-order valence-electron chi connectivity index (χ3n) is 2.92. The molecule has 1 heterocycles. The molecule has 0 amide bonds. The van der Waals surface area contributed by atoms with E-state index >= 15 is 0 Å². The van der Waals surface area contributed by atoms with Crippen LogP contribution >= 0.6 is 23.2 Å². The summed E-state index contributed by atoms with van der Waals surface area (Å²) in [6.07, 6.45) is 3.21. The zero-order valence-electron chi connectivity index (χ0n) is 10.3. The predicted molar refractivity (Wildman–Crippen MR) is 79.2 cm³/mol. The lowest BCUT2D eigenvalue weighted by Gasteiger charge is -2.16. The van der Waals surface area contributed by atoms with E-state index in [0.717, 1.165) is 17.7 Å². The lowest BCUT2D eigenvalue weighted by atomic mass is 10.0. The van der Waals surface area contributed by atoms with Gasteiger partial charge in [-0.05, 0) is 30.2 Å². The molecule has 3 N–H and O–H groups in total. The van der Waals surface area contributed by atoms with E-state index in [9.17, 15) is 0 Å². The maximum absolute atomic E-state index is 6.18. The number of benzene rings is 1. The highest BCUT2D eigenvalue weighted by atomic mass is 35.5. The Labute approximate surface area is 122 Å². The first-order valence-electron chi connectivity index (χ1n) is 5.99. The van der Waals surface area contributed by atoms with E-state index in [1.165, 1.54) is 0 Å². The van der Waals surface area contributed by atoms with E-state index in [2.05, 4.69) is 10.4 Å². The van der Waals surface area contributed by atoms with Crippen LogP contribution in [-0.2, 0) is 12.8 Å². The lowest BCUT2D eigenvalue weighted by molar-refractivity contribution is 0.517. The Bertz CT molecular complexity index is 531. The Kier molecular flexibility index (Phi) is 5.16. The Balaban J connectivity index is 2.09. The van der Waals surface area contributed by atoms with Crippen LogP contribution in [0.2, 0.25) is 10.0 Å². The standard InChI is InChI=1S/C14H15Cl2N3/c15-13-6-3-4-10(14(13)16)8-12(19-17)9-11-5-1-2-7-18-11/h1-7,12,19H,8-9,17H2. The number of pyridine rings is 1. The minimum Gasteiger partial charge on any atom is -0.271 e. The number of hydrazine groups is 1. The van der Waals surface area contributed by atoms with Crippen molar-refractivity contribution in [3.63, 3.8) is 0 Å². The fraction of sp³-hybridized carbons (Fsp3) is 0.214. The summed E-state index contributed by atoms with van der Waals surface area (Å²) < 4.78 is 0. The third kappa shape index (κ3) is 3.91. The molecule has 0 aliphatic rings. The van der Waals surface area contributed by atoms with Crippen molar-refractivity contribution in [2.45, 2.75) is 18.9 Å². The highest BCUT2D eigenvalue weighted by molar-refractivity contribution is 6.42. The number of nitrogens with one attached hydrogen (secondary N) is 1. The van der Waals surface area contributed by atoms with E-state index in [1.54, 1.807) is 12.3 Å². The molecule has 0 saturated carbocycles. The van der Waals surface area contributed by atoms with Crippen molar-refractivity contribution in [3.8, 4) is 0 Å². The number of hydrogen-bond donors (Lipinski definition) is 2. The zero-order chi connectivity index (χ0) is 13.7. The SMILES string of the molecule is NNC(Cc1ccccn1)Cc1cccc(Cl)c1Cl. The molecule has 19 heavy (non-hydrogen) atoms. The van der Waals surface area contributed by atoms with E-state index in [4.69, 9.17) is 29.0 Å². The molecule has 0 saturated heterocycles. The molecular weight excluding hydrogens is 281 g/mol. The molecule has 5 heteroatoms. The Morgan fingerprint density at radius 2 is 1.95 bits per heavy atom. The first-order chi connectivity index (χ1) is 9.20. The van der Waals surface area contributed by atoms with E-state index in [0.29, 0.717) is 16.5 Å². The number of rotatable bonds is 5. The summed E-state index contributed by atoms with van der Waals surface area (Å²) >= 11 is 12.2. The van der Waals surface area contributed by atoms with Gasteiger partial charge in [-0.2, -0.15) is 0 Å². The van der Waals surface area contributed by atoms with Gasteiger partial charge in [0.25, 0.3) is 0 Å². The molecule has 0 aliphatic carbocycles. The van der Waals surface area contributed by atoms with E-state index < -0.39 is 0 Å². The molecule has 1 aromatic heterocycles. The van der Waals surface area contributed by atoms with Gasteiger partial charge in [0, 0.05) is 24.4 Å². The van der Waals surface area contributed by atoms with Gasteiger partial charge in [0.05, 0.1) is 10.0 Å². The molecule has 0 radical (unpaired) electrons. The molecule has 0 spiro atoms. The summed E-state index contributed by atoms with van der Waals surface area (Å²) in [5, 5.41) is 1.15. The van der Waals surface area contributed by atoms with Crippen LogP contribution in [0.5, 0.6) is 0 Å². The van der Waals surface area contributed by atoms with Crippen LogP contribution < -0.4 is 11.3 Å². The Morgan fingerprint density at radius 3 is 2.63 bits per heavy atom. The molecule has 1 unspecified atom stereocenters. The topological polar surface area (TPSA) is 50.9 Å². The zero-order valence-corrected chi connectivity index (χ0v) is 11.8. The molecule has 0 fully saturated rings. The molecule has 2 aromatic rings. The molecule has 0 bridgehead atoms. The molecule has 100 valence electrons. The fourth-order valence-electron chi connectivity index (χ4n) is 1.93. The van der Waals surface area contributed by atoms with Crippen molar-refractivity contribution < 1.29 is 0 Å². The summed E-state index contributed by atoms with van der Waals surface area (Å²) in [6, 6.07) is 11.5. The summed E-state index contributed by atoms with van der Waals surface area (Å²) in [5.74, 6) is 5.60. The van der Waals surface area contributed by atoms with Gasteiger partial charge in [0.15, 0.2) is 0 Å². The minimum absolute atomic E-state index is 0.0610. The minimum atomic E-state index is 0.0610. The number of halogens is 2. The number of nitrogens with two attached hydrogens (primary N) is 1. The van der Waals surface area contributed by atoms with Gasteiger partial charge in [-0.15, -0.1) is 0 Å². The monoisotopic (exact) mass is 295 g/mol. The van der Waals surface area contributed by atoms with Crippen LogP contribution in [0.3, 0.4) is 0 Å². The molecule has 1 aromatic carbocycles. The van der Waals surface area contributed by atoms with Crippen molar-refractivity contribution in [2.75, 3.05) is 0 Å². The normalized spacial score (nSPS) is 12.4. The molecule has 0 aliphatic heterocycles. The average Bonchev–Trinajstić information content (AvgIpc) is 2.44. The fourth-order valence-corrected chi connectivity index (χ4v) is 2.33. The van der Waals surface area contributed by atoms with Crippen LogP contribution in [0.15, 0.2) is 42.6 Å². The van der Waals surface area contributed by atoms with Gasteiger partial charge < -0.3 is 0 Å². The summed E-state index contributed by atoms with van der Waals surface area (Å²) in [6.45, 7) is 0. The van der Waals surface area contributed by atoms with Crippen LogP contribution in [0, 0.1) is 0 Å². The third-order valence-corrected chi connectivity index (χ3v) is 3.77. The largest absolute Gasteiger partial charge is 0.271 e. The van der Waals surface area contributed by atoms with Crippen molar-refractivity contribution in [2.24, 2.45) is 5.84 Å². The van der Waals surface area contributed by atoms with Crippen molar-refractivity contribution >= 4 is 23.2 Å². The quantitative estimate of drug-likeness (QED) is 0.658. The molecule has 3 nitrogen and oxygen atoms in total. The second-order valence-corrected chi connectivity index (χ2v) is 5.09. The van der Waals surface area contributed by atoms with Gasteiger partial charge in [0.1, 0.15) is 0 Å². The highest BCUT2D eigenvalue weighted by Crippen LogP contribution is 2.26. The molecule has 1 atom stereocenters. The van der Waals surface area contributed by atoms with Gasteiger partial charge in [0.2, 0.25) is 0 Å². The van der Waals surface area contributed by atoms with Crippen LogP contribution in [0.4, 0.5) is 0 Å². The summed E-state index contributed by atoms with van der Waals surface area (Å²) in [5.41, 5.74) is 4.77. The summed E-state index contributed by atoms with van der Waals surface area (Å²) in [7, 11) is 0. The van der Waals surface area contributed by atoms with Gasteiger partial charge in [-0.1, -0.05) is 41.4 Å². The smallest absolute Gasteiger partial charge is 0.0624 e. The number of hydrogen-bond acceptors (Lipinski definition) is 3. The highest BCUT2D eigenvalue weighted by Gasteiger charge is 2.13. The van der Waals surface area contributed by atoms with Crippen molar-refractivity contribution in [1.29, 1.82) is 0 Å². The maximum atomic E-state index is 6.18. The summed E-state index contributed by atoms with van der Waals surface area (Å²) in [4.78, 5) is 4.29. The molecular formula is C14H15Cl2N3. The first-order valence-corrected chi connectivity index (χ1v) is 6.75. The van der Waals surface area contributed by atoms with Crippen molar-refractivity contribution in [3.05, 3.63) is 63.9 Å². The van der Waals surface area contributed by atoms with Crippen molar-refractivity contribution in [1.82, 2.24) is 10.4 Å². The second kappa shape index (κ2) is 6.87. The van der Waals surface area contributed by atoms with Gasteiger partial charge >= 0.3 is 0 Å². The second-order valence-electron chi connectivity index (χ2n) is 4.31. The maximum Gasteiger partial charge on any atom is 0.0624 e. The predicted octanol–water partition coefficient (Wildman–Crippen LogP) is 3.01. The molecule has 2 rings (SSSR count). The first kappa shape index (κ1) is 14.3. The van der Waals surface area contributed by atoms with Crippen LogP contribution in [0.1, 0.15) is 11.3 Å². The van der Waals surface area contributed by atoms with Crippen LogP contribution in [0.25, 0.3) is 0 Å². The van der Waals surface area contributed by atoms with E-state index in [1.807, 2.05) is 30.3 Å². The average molecular weight is 296 g/mol. The number of nitrogens with zero attached hydrogens (tertiary/aromatic N) is 1. The van der Waals surface area contributed by atoms with E-state index in [-0.39, 0.29) is 6.04 Å². The van der Waals surface area contributed by atoms with Crippen LogP contribution in [-0.4, -0.2) is 11.0 Å². The van der Waals surface area contributed by atoms with Gasteiger partial charge in [-0.25, -0.2) is 0 Å². The van der Waals surface area contributed by atoms with Gasteiger partial charge in [-0.3, -0.25) is 16.3 Å². The Morgan fingerprint density at radius 1 is 1.11 bits per heavy atom. The Hall–Kier alpha value is -1.13. The lowest BCUT2D eigenvalue weighted by Crippen LogP contribution is -2.38.